The highest BCUT2D eigenvalue weighted by atomic mass is 16.5. The van der Waals surface area contributed by atoms with Crippen LogP contribution in [0, 0.1) is 11.8 Å². The fourth-order valence-electron chi connectivity index (χ4n) is 12.9. The van der Waals surface area contributed by atoms with Gasteiger partial charge in [-0.3, -0.25) is 14.4 Å². The number of nitrogens with zero attached hydrogens (tertiary/aromatic N) is 3. The summed E-state index contributed by atoms with van der Waals surface area (Å²) in [5, 5.41) is 8.61. The van der Waals surface area contributed by atoms with Gasteiger partial charge in [0.25, 0.3) is 0 Å². The van der Waals surface area contributed by atoms with Gasteiger partial charge in [-0.1, -0.05) is 63.8 Å². The standard InChI is InChI=1S/C57H67N7O11/c1-57(2)40-25-32(33-16-21-42-45(26-33)60-52(59-42)48-27-34-11-8-10-14-47(34)64(48)54(69)44(62-56(71)75-6)22-18-37(30-65)72-3)15-19-38(40)39-20-17-36(29-41(39)57)58-53(68)49-28-35-12-7-9-13-46(35)63(49)50(31-66)43(61-55(70)74-5)23-24-51(67)73-4/h15-17,19-21,25-26,29,34-35,43-44,46-49H,7-14,18,22-24,27-28H2,1-6H3,(H,58,68)(H,59,60)(H,61,70)(H,62,71)/t34-,35-,43-,44-,46-,47-,48-,49-/m0/s1. The lowest BCUT2D eigenvalue weighted by atomic mass is 9.81. The van der Waals surface area contributed by atoms with E-state index in [4.69, 9.17) is 23.9 Å². The van der Waals surface area contributed by atoms with E-state index in [-0.39, 0.29) is 78.9 Å². The first-order valence-electron chi connectivity index (χ1n) is 26.2. The molecule has 0 radical (unpaired) electrons. The van der Waals surface area contributed by atoms with E-state index < -0.39 is 41.7 Å². The highest BCUT2D eigenvalue weighted by molar-refractivity contribution is 5.97. The van der Waals surface area contributed by atoms with Crippen LogP contribution in [0.5, 0.6) is 0 Å². The molecule has 0 unspecified atom stereocenters. The molecule has 1 aromatic heterocycles. The molecule has 8 atom stereocenters. The molecule has 396 valence electrons. The number of likely N-dealkylation sites (tertiary alicyclic amines) is 2. The molecule has 3 aliphatic carbocycles. The number of imidazole rings is 1. The van der Waals surface area contributed by atoms with Crippen LogP contribution in [0.15, 0.2) is 66.1 Å². The highest BCUT2D eigenvalue weighted by Crippen LogP contribution is 2.51. The Bertz CT molecular complexity index is 2970. The van der Waals surface area contributed by atoms with E-state index in [1.54, 1.807) is 5.94 Å². The summed E-state index contributed by atoms with van der Waals surface area (Å²) >= 11 is 0. The second-order valence-electron chi connectivity index (χ2n) is 21.1. The highest BCUT2D eigenvalue weighted by Gasteiger charge is 2.50. The molecule has 9 rings (SSSR count). The summed E-state index contributed by atoms with van der Waals surface area (Å²) in [6.45, 7) is 4.36. The number of amides is 4. The number of aromatic nitrogens is 2. The molecule has 4 amide bonds. The molecule has 2 saturated heterocycles. The molecular formula is C57H67N7O11. The Morgan fingerprint density at radius 2 is 1.32 bits per heavy atom. The zero-order chi connectivity index (χ0) is 53.1. The minimum atomic E-state index is -0.965. The van der Waals surface area contributed by atoms with Crippen molar-refractivity contribution in [2.24, 2.45) is 11.8 Å². The molecule has 3 heterocycles. The Balaban J connectivity index is 0.952. The third-order valence-corrected chi connectivity index (χ3v) is 16.7. The van der Waals surface area contributed by atoms with Gasteiger partial charge in [0.05, 0.1) is 51.6 Å². The lowest BCUT2D eigenvalue weighted by Crippen LogP contribution is -2.51. The zero-order valence-electron chi connectivity index (χ0n) is 43.5. The number of hydrogen-bond donors (Lipinski definition) is 4. The number of esters is 1. The van der Waals surface area contributed by atoms with Gasteiger partial charge in [-0.05, 0) is 127 Å². The Hall–Kier alpha value is -7.42. The SMILES string of the molecule is COC(=O)CC[C@H](NC(=O)OC)C(=C=O)N1[C@H](C(=O)Nc2ccc3c(c2)C(C)(C)c2cc(-c4ccc5nc([C@@H]6C[C@@H]7CCCC[C@@H]7N6C(=O)[C@H](CCC(=C=O)OC)NC(=O)OC)[nH]c5c4)ccc2-3)C[C@@H]2CCCC[C@@H]21. The molecule has 4 fully saturated rings. The van der Waals surface area contributed by atoms with Crippen molar-refractivity contribution in [3.05, 3.63) is 83.0 Å². The monoisotopic (exact) mass is 1030 g/mol. The second-order valence-corrected chi connectivity index (χ2v) is 21.1. The van der Waals surface area contributed by atoms with Crippen molar-refractivity contribution in [3.63, 3.8) is 0 Å². The molecule has 4 N–H and O–H groups in total. The summed E-state index contributed by atoms with van der Waals surface area (Å²) in [4.78, 5) is 103. The Morgan fingerprint density at radius 3 is 1.99 bits per heavy atom. The number of nitrogens with one attached hydrogen (secondary N) is 4. The van der Waals surface area contributed by atoms with E-state index in [0.717, 1.165) is 102 Å². The Kier molecular flexibility index (Phi) is 15.5. The van der Waals surface area contributed by atoms with Gasteiger partial charge in [0.15, 0.2) is 11.7 Å². The van der Waals surface area contributed by atoms with Crippen LogP contribution in [-0.2, 0) is 48.3 Å². The molecule has 2 aliphatic heterocycles. The van der Waals surface area contributed by atoms with Gasteiger partial charge in [0.1, 0.15) is 29.5 Å². The molecule has 3 aromatic carbocycles. The summed E-state index contributed by atoms with van der Waals surface area (Å²) in [6, 6.07) is 15.5. The van der Waals surface area contributed by atoms with Crippen LogP contribution in [0.25, 0.3) is 33.3 Å². The molecular weight excluding hydrogens is 959 g/mol. The number of ether oxygens (including phenoxy) is 4. The summed E-state index contributed by atoms with van der Waals surface area (Å²) in [5.41, 5.74) is 8.20. The average Bonchev–Trinajstić information content (AvgIpc) is 4.20. The number of benzene rings is 3. The third-order valence-electron chi connectivity index (χ3n) is 16.7. The van der Waals surface area contributed by atoms with Crippen molar-refractivity contribution in [1.82, 2.24) is 30.4 Å². The molecule has 4 aromatic rings. The summed E-state index contributed by atoms with van der Waals surface area (Å²) in [7, 11) is 5.12. The van der Waals surface area contributed by atoms with Crippen molar-refractivity contribution in [1.29, 1.82) is 0 Å². The average molecular weight is 1030 g/mol. The number of H-pyrrole nitrogens is 1. The van der Waals surface area contributed by atoms with Crippen LogP contribution in [0.4, 0.5) is 15.3 Å². The van der Waals surface area contributed by atoms with Gasteiger partial charge in [-0.15, -0.1) is 0 Å². The van der Waals surface area contributed by atoms with Crippen molar-refractivity contribution in [2.45, 2.75) is 145 Å². The first-order valence-corrected chi connectivity index (χ1v) is 26.2. The molecule has 5 aliphatic rings. The number of hydrogen-bond acceptors (Lipinski definition) is 13. The minimum absolute atomic E-state index is 0.0274. The van der Waals surface area contributed by atoms with E-state index in [0.29, 0.717) is 17.9 Å². The smallest absolute Gasteiger partial charge is 0.407 e. The first kappa shape index (κ1) is 52.4. The summed E-state index contributed by atoms with van der Waals surface area (Å²) < 4.78 is 19.8. The minimum Gasteiger partial charge on any atom is -0.490 e. The first-order chi connectivity index (χ1) is 36.2. The topological polar surface area (TPSA) is 228 Å². The lowest BCUT2D eigenvalue weighted by Gasteiger charge is -2.37. The second kappa shape index (κ2) is 22.2. The van der Waals surface area contributed by atoms with Gasteiger partial charge < -0.3 is 49.7 Å². The van der Waals surface area contributed by atoms with Crippen LogP contribution in [0.3, 0.4) is 0 Å². The number of methoxy groups -OCH3 is 4. The number of rotatable bonds is 16. The molecule has 0 spiro atoms. The maximum Gasteiger partial charge on any atom is 0.407 e. The van der Waals surface area contributed by atoms with E-state index >= 15 is 0 Å². The number of alkyl carbamates (subject to hydrolysis) is 2. The van der Waals surface area contributed by atoms with Crippen LogP contribution in [0.2, 0.25) is 0 Å². The molecule has 0 bridgehead atoms. The largest absolute Gasteiger partial charge is 0.490 e. The molecule has 75 heavy (non-hydrogen) atoms. The fraction of sp³-hybridized carbons (Fsp3) is 0.509. The summed E-state index contributed by atoms with van der Waals surface area (Å²) in [6.07, 6.45) is 7.49. The van der Waals surface area contributed by atoms with Crippen molar-refractivity contribution >= 4 is 58.6 Å². The lowest BCUT2D eigenvalue weighted by molar-refractivity contribution is -0.141. The van der Waals surface area contributed by atoms with Gasteiger partial charge in [-0.25, -0.2) is 24.2 Å². The van der Waals surface area contributed by atoms with Crippen LogP contribution < -0.4 is 16.0 Å². The van der Waals surface area contributed by atoms with E-state index in [2.05, 4.69) is 71.1 Å². The number of carbonyl (C=O) groups is 5. The zero-order valence-corrected chi connectivity index (χ0v) is 43.5. The molecule has 18 heteroatoms. The number of carbonyl (C=O) groups excluding carboxylic acids is 7. The van der Waals surface area contributed by atoms with E-state index in [9.17, 15) is 33.6 Å². The van der Waals surface area contributed by atoms with Crippen LogP contribution in [-0.4, -0.2) is 120 Å². The summed E-state index contributed by atoms with van der Waals surface area (Å²) in [5.74, 6) is 3.97. The van der Waals surface area contributed by atoms with E-state index in [1.165, 1.54) is 28.4 Å². The molecule has 18 nitrogen and oxygen atoms in total. The fourth-order valence-corrected chi connectivity index (χ4v) is 12.9. The Morgan fingerprint density at radius 1 is 0.707 bits per heavy atom. The number of allylic oxidation sites excluding steroid dienone is 1. The van der Waals surface area contributed by atoms with Crippen molar-refractivity contribution in [2.75, 3.05) is 33.8 Å². The third kappa shape index (κ3) is 10.4. The quantitative estimate of drug-likeness (QED) is 0.0360. The van der Waals surface area contributed by atoms with Crippen LogP contribution in [0.1, 0.15) is 127 Å². The number of anilines is 1. The van der Waals surface area contributed by atoms with Crippen molar-refractivity contribution in [3.8, 4) is 22.3 Å². The number of fused-ring (bicyclic) bond motifs is 6. The predicted octanol–water partition coefficient (Wildman–Crippen LogP) is 8.20. The van der Waals surface area contributed by atoms with E-state index in [1.807, 2.05) is 34.1 Å². The van der Waals surface area contributed by atoms with Gasteiger partial charge >= 0.3 is 18.2 Å². The van der Waals surface area contributed by atoms with Gasteiger partial charge in [-0.2, -0.15) is 0 Å². The van der Waals surface area contributed by atoms with Gasteiger partial charge in [0.2, 0.25) is 11.8 Å². The van der Waals surface area contributed by atoms with Gasteiger partial charge in [0, 0.05) is 36.0 Å². The predicted molar refractivity (Wildman–Crippen MR) is 278 cm³/mol. The molecule has 2 saturated carbocycles. The van der Waals surface area contributed by atoms with Crippen molar-refractivity contribution < 1.29 is 52.5 Å². The number of aromatic amines is 1. The Labute approximate surface area is 436 Å². The maximum absolute atomic E-state index is 14.6. The maximum atomic E-state index is 14.6. The van der Waals surface area contributed by atoms with Crippen LogP contribution >= 0.6 is 0 Å². The normalized spacial score (nSPS) is 22.7.